The van der Waals surface area contributed by atoms with Crippen LogP contribution in [0, 0.1) is 0 Å². The molecule has 0 aliphatic rings. The molecule has 0 aliphatic carbocycles. The van der Waals surface area contributed by atoms with Crippen molar-refractivity contribution in [3.63, 3.8) is 0 Å². The molecular formula is C10H13NO5. The summed E-state index contributed by atoms with van der Waals surface area (Å²) in [5.41, 5.74) is 0.503. The molecule has 0 fully saturated rings. The van der Waals surface area contributed by atoms with E-state index in [1.54, 1.807) is 12.3 Å². The predicted octanol–water partition coefficient (Wildman–Crippen LogP) is 0.700. The Labute approximate surface area is 92.8 Å². The van der Waals surface area contributed by atoms with Gasteiger partial charge in [0.2, 0.25) is 0 Å². The largest absolute Gasteiger partial charge is 0.493 e. The summed E-state index contributed by atoms with van der Waals surface area (Å²) >= 11 is 0. The van der Waals surface area contributed by atoms with Crippen LogP contribution < -0.4 is 9.47 Å². The normalized spacial score (nSPS) is 9.88. The van der Waals surface area contributed by atoms with Crippen LogP contribution in [0.15, 0.2) is 12.3 Å². The van der Waals surface area contributed by atoms with Crippen LogP contribution in [0.2, 0.25) is 0 Å². The van der Waals surface area contributed by atoms with Crippen LogP contribution in [0.3, 0.4) is 0 Å². The predicted molar refractivity (Wildman–Crippen MR) is 54.6 cm³/mol. The number of carboxylic acid groups (broad SMARTS) is 1. The molecule has 0 bridgehead atoms. The zero-order valence-corrected chi connectivity index (χ0v) is 9.10. The van der Waals surface area contributed by atoms with Crippen LogP contribution in [0.5, 0.6) is 11.5 Å². The van der Waals surface area contributed by atoms with Gasteiger partial charge in [-0.05, 0) is 0 Å². The summed E-state index contributed by atoms with van der Waals surface area (Å²) in [6.07, 6.45) is 1.54. The third-order valence-electron chi connectivity index (χ3n) is 1.83. The fourth-order valence-electron chi connectivity index (χ4n) is 1.19. The van der Waals surface area contributed by atoms with E-state index in [-0.39, 0.29) is 13.2 Å². The van der Waals surface area contributed by atoms with Gasteiger partial charge in [0, 0.05) is 12.3 Å². The van der Waals surface area contributed by atoms with E-state index in [0.717, 1.165) is 0 Å². The first-order valence-electron chi connectivity index (χ1n) is 4.54. The Morgan fingerprint density at radius 2 is 2.19 bits per heavy atom. The van der Waals surface area contributed by atoms with Gasteiger partial charge < -0.3 is 19.3 Å². The van der Waals surface area contributed by atoms with Crippen LogP contribution in [0.1, 0.15) is 5.69 Å². The van der Waals surface area contributed by atoms with Gasteiger partial charge in [-0.15, -0.1) is 0 Å². The van der Waals surface area contributed by atoms with Crippen molar-refractivity contribution in [1.29, 1.82) is 0 Å². The minimum absolute atomic E-state index is 0.0622. The quantitative estimate of drug-likeness (QED) is 0.770. The Morgan fingerprint density at radius 1 is 1.44 bits per heavy atom. The first-order chi connectivity index (χ1) is 7.69. The first-order valence-corrected chi connectivity index (χ1v) is 4.54. The minimum Gasteiger partial charge on any atom is -0.493 e. The van der Waals surface area contributed by atoms with E-state index in [0.29, 0.717) is 17.2 Å². The zero-order valence-electron chi connectivity index (χ0n) is 9.10. The average molecular weight is 227 g/mol. The van der Waals surface area contributed by atoms with Crippen molar-refractivity contribution in [3.8, 4) is 11.5 Å². The number of rotatable bonds is 6. The number of nitrogens with zero attached hydrogens (tertiary/aromatic N) is 1. The van der Waals surface area contributed by atoms with Crippen molar-refractivity contribution in [1.82, 2.24) is 4.98 Å². The molecule has 0 spiro atoms. The number of pyridine rings is 1. The SMILES string of the molecule is COc1ccnc(COCC(=O)O)c1OC. The molecule has 0 radical (unpaired) electrons. The summed E-state index contributed by atoms with van der Waals surface area (Å²) in [6, 6.07) is 1.65. The lowest BCUT2D eigenvalue weighted by Gasteiger charge is -2.11. The highest BCUT2D eigenvalue weighted by Gasteiger charge is 2.11. The van der Waals surface area contributed by atoms with Crippen molar-refractivity contribution < 1.29 is 24.1 Å². The van der Waals surface area contributed by atoms with E-state index in [2.05, 4.69) is 4.98 Å². The van der Waals surface area contributed by atoms with Crippen LogP contribution in [0.25, 0.3) is 0 Å². The molecule has 0 aliphatic heterocycles. The average Bonchev–Trinajstić information content (AvgIpc) is 2.28. The third kappa shape index (κ3) is 3.09. The summed E-state index contributed by atoms with van der Waals surface area (Å²) in [6.45, 7) is -0.311. The molecule has 88 valence electrons. The van der Waals surface area contributed by atoms with Crippen molar-refractivity contribution in [2.75, 3.05) is 20.8 Å². The van der Waals surface area contributed by atoms with E-state index >= 15 is 0 Å². The highest BCUT2D eigenvalue weighted by Crippen LogP contribution is 2.29. The van der Waals surface area contributed by atoms with Crippen LogP contribution in [-0.2, 0) is 16.1 Å². The minimum atomic E-state index is -1.03. The molecule has 0 saturated heterocycles. The van der Waals surface area contributed by atoms with Crippen molar-refractivity contribution in [2.24, 2.45) is 0 Å². The topological polar surface area (TPSA) is 77.9 Å². The Hall–Kier alpha value is -1.82. The molecule has 16 heavy (non-hydrogen) atoms. The molecule has 6 heteroatoms. The van der Waals surface area contributed by atoms with Gasteiger partial charge in [0.15, 0.2) is 11.5 Å². The molecule has 6 nitrogen and oxygen atoms in total. The van der Waals surface area contributed by atoms with Gasteiger partial charge in [-0.2, -0.15) is 0 Å². The van der Waals surface area contributed by atoms with Gasteiger partial charge >= 0.3 is 5.97 Å². The van der Waals surface area contributed by atoms with Gasteiger partial charge in [0.25, 0.3) is 0 Å². The molecule has 0 saturated carbocycles. The van der Waals surface area contributed by atoms with Gasteiger partial charge in [-0.3, -0.25) is 4.98 Å². The maximum Gasteiger partial charge on any atom is 0.329 e. The number of methoxy groups -OCH3 is 2. The summed E-state index contributed by atoms with van der Waals surface area (Å²) in [7, 11) is 3.00. The van der Waals surface area contributed by atoms with Crippen molar-refractivity contribution in [2.45, 2.75) is 6.61 Å². The maximum atomic E-state index is 10.3. The van der Waals surface area contributed by atoms with E-state index in [1.807, 2.05) is 0 Å². The lowest BCUT2D eigenvalue weighted by atomic mass is 10.3. The molecule has 0 aromatic carbocycles. The molecule has 0 unspecified atom stereocenters. The number of aromatic nitrogens is 1. The Kier molecular flexibility index (Phi) is 4.53. The van der Waals surface area contributed by atoms with Gasteiger partial charge in [0.1, 0.15) is 12.3 Å². The fourth-order valence-corrected chi connectivity index (χ4v) is 1.19. The summed E-state index contributed by atoms with van der Waals surface area (Å²) < 4.78 is 15.1. The fraction of sp³-hybridized carbons (Fsp3) is 0.400. The number of carboxylic acids is 1. The highest BCUT2D eigenvalue weighted by atomic mass is 16.5. The van der Waals surface area contributed by atoms with E-state index in [1.165, 1.54) is 14.2 Å². The Balaban J connectivity index is 2.74. The second kappa shape index (κ2) is 5.92. The van der Waals surface area contributed by atoms with E-state index in [9.17, 15) is 4.79 Å². The molecular weight excluding hydrogens is 214 g/mol. The van der Waals surface area contributed by atoms with Crippen LogP contribution in [-0.4, -0.2) is 36.9 Å². The first kappa shape index (κ1) is 12.3. The summed E-state index contributed by atoms with van der Waals surface area (Å²) in [5, 5.41) is 8.42. The lowest BCUT2D eigenvalue weighted by Crippen LogP contribution is -2.08. The highest BCUT2D eigenvalue weighted by molar-refractivity contribution is 5.68. The van der Waals surface area contributed by atoms with E-state index in [4.69, 9.17) is 19.3 Å². The smallest absolute Gasteiger partial charge is 0.329 e. The summed E-state index contributed by atoms with van der Waals surface area (Å²) in [4.78, 5) is 14.3. The third-order valence-corrected chi connectivity index (χ3v) is 1.83. The molecule has 1 N–H and O–H groups in total. The van der Waals surface area contributed by atoms with Crippen molar-refractivity contribution in [3.05, 3.63) is 18.0 Å². The molecule has 1 aromatic heterocycles. The van der Waals surface area contributed by atoms with Gasteiger partial charge in [0.05, 0.1) is 20.8 Å². The summed E-state index contributed by atoms with van der Waals surface area (Å²) in [5.74, 6) is -0.0383. The second-order valence-electron chi connectivity index (χ2n) is 2.88. The molecule has 1 rings (SSSR count). The monoisotopic (exact) mass is 227 g/mol. The maximum absolute atomic E-state index is 10.3. The Morgan fingerprint density at radius 3 is 2.75 bits per heavy atom. The molecule has 1 aromatic rings. The van der Waals surface area contributed by atoms with Gasteiger partial charge in [-0.1, -0.05) is 0 Å². The van der Waals surface area contributed by atoms with Crippen LogP contribution >= 0.6 is 0 Å². The van der Waals surface area contributed by atoms with E-state index < -0.39 is 5.97 Å². The number of hydrogen-bond donors (Lipinski definition) is 1. The number of carbonyl (C=O) groups is 1. The van der Waals surface area contributed by atoms with Gasteiger partial charge in [-0.25, -0.2) is 4.79 Å². The standard InChI is InChI=1S/C10H13NO5/c1-14-8-3-4-11-7(10(8)15-2)5-16-6-9(12)13/h3-4H,5-6H2,1-2H3,(H,12,13). The van der Waals surface area contributed by atoms with Crippen molar-refractivity contribution >= 4 is 5.97 Å². The molecule has 0 atom stereocenters. The number of ether oxygens (including phenoxy) is 3. The number of aliphatic carboxylic acids is 1. The second-order valence-corrected chi connectivity index (χ2v) is 2.88. The lowest BCUT2D eigenvalue weighted by molar-refractivity contribution is -0.142. The molecule has 1 heterocycles. The molecule has 0 amide bonds. The Bertz CT molecular complexity index is 366. The number of hydrogen-bond acceptors (Lipinski definition) is 5. The zero-order chi connectivity index (χ0) is 12.0. The van der Waals surface area contributed by atoms with Crippen LogP contribution in [0.4, 0.5) is 0 Å².